The Hall–Kier alpha value is -1.16. The van der Waals surface area contributed by atoms with Crippen LogP contribution in [0.4, 0.5) is 0 Å². The van der Waals surface area contributed by atoms with Gasteiger partial charge in [0.25, 0.3) is 5.91 Å². The highest BCUT2D eigenvalue weighted by Gasteiger charge is 2.41. The molecule has 2 fully saturated rings. The normalized spacial score (nSPS) is 25.6. The summed E-state index contributed by atoms with van der Waals surface area (Å²) in [6, 6.07) is 6.13. The zero-order valence-corrected chi connectivity index (χ0v) is 11.5. The number of benzene rings is 1. The maximum atomic E-state index is 12.5. The molecule has 2 aliphatic heterocycles. The predicted octanol–water partition coefficient (Wildman–Crippen LogP) is 2.33. The summed E-state index contributed by atoms with van der Waals surface area (Å²) in [6.45, 7) is 2.89. The van der Waals surface area contributed by atoms with Crippen molar-refractivity contribution in [3.63, 3.8) is 0 Å². The lowest BCUT2D eigenvalue weighted by Gasteiger charge is -2.27. The Morgan fingerprint density at radius 3 is 2.89 bits per heavy atom. The molecule has 0 aliphatic carbocycles. The van der Waals surface area contributed by atoms with Crippen LogP contribution in [0, 0.1) is 6.92 Å². The van der Waals surface area contributed by atoms with Gasteiger partial charge in [-0.05, 0) is 37.1 Å². The van der Waals surface area contributed by atoms with Crippen LogP contribution in [-0.4, -0.2) is 41.5 Å². The first kappa shape index (κ1) is 11.9. The molecule has 1 aromatic rings. The van der Waals surface area contributed by atoms with E-state index < -0.39 is 0 Å². The molecule has 0 aromatic heterocycles. The number of rotatable bonds is 2. The van der Waals surface area contributed by atoms with Crippen molar-refractivity contribution in [1.82, 2.24) is 4.90 Å². The highest BCUT2D eigenvalue weighted by molar-refractivity contribution is 8.00. The van der Waals surface area contributed by atoms with Crippen LogP contribution in [-0.2, 0) is 0 Å². The Morgan fingerprint density at radius 2 is 2.33 bits per heavy atom. The number of aryl methyl sites for hydroxylation is 1. The van der Waals surface area contributed by atoms with E-state index in [2.05, 4.69) is 4.90 Å². The van der Waals surface area contributed by atoms with Gasteiger partial charge in [0.2, 0.25) is 0 Å². The minimum absolute atomic E-state index is 0.183. The monoisotopic (exact) mass is 263 g/mol. The number of methoxy groups -OCH3 is 1. The maximum Gasteiger partial charge on any atom is 0.254 e. The molecule has 18 heavy (non-hydrogen) atoms. The van der Waals surface area contributed by atoms with E-state index in [4.69, 9.17) is 4.74 Å². The van der Waals surface area contributed by atoms with Crippen molar-refractivity contribution in [2.24, 2.45) is 0 Å². The summed E-state index contributed by atoms with van der Waals surface area (Å²) in [5.74, 6) is 2.09. The van der Waals surface area contributed by atoms with Crippen LogP contribution in [0.3, 0.4) is 0 Å². The lowest BCUT2D eigenvalue weighted by Crippen LogP contribution is -2.39. The summed E-state index contributed by atoms with van der Waals surface area (Å²) >= 11 is 2.00. The third-order valence-electron chi connectivity index (χ3n) is 3.83. The molecule has 3 nitrogen and oxygen atoms in total. The van der Waals surface area contributed by atoms with Gasteiger partial charge in [-0.3, -0.25) is 4.79 Å². The van der Waals surface area contributed by atoms with Crippen LogP contribution in [0.5, 0.6) is 5.75 Å². The number of amides is 1. The molecule has 1 aromatic carbocycles. The molecule has 2 aliphatic rings. The molecule has 0 radical (unpaired) electrons. The molecular weight excluding hydrogens is 246 g/mol. The van der Waals surface area contributed by atoms with E-state index in [9.17, 15) is 4.79 Å². The summed E-state index contributed by atoms with van der Waals surface area (Å²) < 4.78 is 5.18. The molecule has 3 rings (SSSR count). The lowest BCUT2D eigenvalue weighted by atomic mass is 10.1. The van der Waals surface area contributed by atoms with Gasteiger partial charge in [-0.1, -0.05) is 0 Å². The molecule has 2 unspecified atom stereocenters. The molecule has 0 spiro atoms. The zero-order chi connectivity index (χ0) is 12.7. The number of carbonyl (C=O) groups excluding carboxylic acids is 1. The van der Waals surface area contributed by atoms with Gasteiger partial charge in [0, 0.05) is 29.2 Å². The van der Waals surface area contributed by atoms with Crippen LogP contribution in [0.15, 0.2) is 18.2 Å². The van der Waals surface area contributed by atoms with Gasteiger partial charge in [-0.15, -0.1) is 0 Å². The molecule has 4 heteroatoms. The summed E-state index contributed by atoms with van der Waals surface area (Å²) in [7, 11) is 1.65. The minimum atomic E-state index is 0.183. The van der Waals surface area contributed by atoms with Crippen molar-refractivity contribution in [2.45, 2.75) is 24.6 Å². The number of fused-ring (bicyclic) bond motifs is 2. The summed E-state index contributed by atoms with van der Waals surface area (Å²) in [6.07, 6.45) is 1.17. The fourth-order valence-electron chi connectivity index (χ4n) is 2.81. The van der Waals surface area contributed by atoms with Crippen molar-refractivity contribution >= 4 is 17.7 Å². The first-order valence-electron chi connectivity index (χ1n) is 6.26. The van der Waals surface area contributed by atoms with Crippen molar-refractivity contribution in [1.29, 1.82) is 0 Å². The van der Waals surface area contributed by atoms with Gasteiger partial charge in [0.05, 0.1) is 7.11 Å². The Labute approximate surface area is 111 Å². The van der Waals surface area contributed by atoms with E-state index >= 15 is 0 Å². The number of nitrogens with zero attached hydrogens (tertiary/aromatic N) is 1. The van der Waals surface area contributed by atoms with Crippen molar-refractivity contribution in [2.75, 3.05) is 19.4 Å². The number of likely N-dealkylation sites (tertiary alicyclic amines) is 1. The number of carbonyl (C=O) groups is 1. The lowest BCUT2D eigenvalue weighted by molar-refractivity contribution is 0.0747. The summed E-state index contributed by atoms with van der Waals surface area (Å²) in [5, 5.41) is 0.664. The molecule has 1 amide bonds. The largest absolute Gasteiger partial charge is 0.497 e. The topological polar surface area (TPSA) is 29.5 Å². The second-order valence-corrected chi connectivity index (χ2v) is 6.32. The molecule has 0 saturated carbocycles. The first-order valence-corrected chi connectivity index (χ1v) is 7.31. The van der Waals surface area contributed by atoms with Crippen LogP contribution < -0.4 is 4.74 Å². The molecule has 96 valence electrons. The van der Waals surface area contributed by atoms with Gasteiger partial charge >= 0.3 is 0 Å². The van der Waals surface area contributed by atoms with Gasteiger partial charge in [0.1, 0.15) is 5.75 Å². The number of hydrogen-bond acceptors (Lipinski definition) is 3. The van der Waals surface area contributed by atoms with E-state index in [-0.39, 0.29) is 5.91 Å². The first-order chi connectivity index (χ1) is 8.69. The van der Waals surface area contributed by atoms with Crippen LogP contribution in [0.2, 0.25) is 0 Å². The summed E-state index contributed by atoms with van der Waals surface area (Å²) in [5.41, 5.74) is 1.81. The van der Waals surface area contributed by atoms with E-state index in [1.165, 1.54) is 6.42 Å². The van der Waals surface area contributed by atoms with Crippen LogP contribution >= 0.6 is 11.8 Å². The van der Waals surface area contributed by atoms with E-state index in [1.54, 1.807) is 7.11 Å². The fraction of sp³-hybridized carbons (Fsp3) is 0.500. The summed E-state index contributed by atoms with van der Waals surface area (Å²) in [4.78, 5) is 14.6. The zero-order valence-electron chi connectivity index (χ0n) is 10.7. The smallest absolute Gasteiger partial charge is 0.254 e. The second kappa shape index (κ2) is 4.50. The van der Waals surface area contributed by atoms with Crippen LogP contribution in [0.25, 0.3) is 0 Å². The molecular formula is C14H17NO2S. The Bertz CT molecular complexity index is 489. The van der Waals surface area contributed by atoms with E-state index in [0.717, 1.165) is 29.2 Å². The molecule has 2 bridgehead atoms. The standard InChI is InChI=1S/C14H17NO2S/c1-9-5-11(17-2)3-4-13(9)14(16)15-7-12-6-10(15)8-18-12/h3-5,10,12H,6-8H2,1-2H3. The van der Waals surface area contributed by atoms with E-state index in [1.807, 2.05) is 36.9 Å². The average molecular weight is 263 g/mol. The second-order valence-electron chi connectivity index (χ2n) is 4.98. The minimum Gasteiger partial charge on any atom is -0.497 e. The van der Waals surface area contributed by atoms with Gasteiger partial charge in [-0.25, -0.2) is 0 Å². The highest BCUT2D eigenvalue weighted by atomic mass is 32.2. The Morgan fingerprint density at radius 1 is 1.50 bits per heavy atom. The highest BCUT2D eigenvalue weighted by Crippen LogP contribution is 2.38. The average Bonchev–Trinajstić information content (AvgIpc) is 3.00. The molecule has 2 saturated heterocycles. The molecule has 0 N–H and O–H groups in total. The Balaban J connectivity index is 1.84. The van der Waals surface area contributed by atoms with Gasteiger partial charge in [0.15, 0.2) is 0 Å². The van der Waals surface area contributed by atoms with Gasteiger partial charge < -0.3 is 9.64 Å². The number of thioether (sulfide) groups is 1. The maximum absolute atomic E-state index is 12.5. The van der Waals surface area contributed by atoms with Gasteiger partial charge in [-0.2, -0.15) is 11.8 Å². The quantitative estimate of drug-likeness (QED) is 0.820. The van der Waals surface area contributed by atoms with Crippen molar-refractivity contribution in [3.05, 3.63) is 29.3 Å². The third kappa shape index (κ3) is 1.88. The Kier molecular flexibility index (Phi) is 2.98. The van der Waals surface area contributed by atoms with Crippen LogP contribution in [0.1, 0.15) is 22.3 Å². The number of hydrogen-bond donors (Lipinski definition) is 0. The fourth-order valence-corrected chi connectivity index (χ4v) is 4.24. The van der Waals surface area contributed by atoms with Crippen molar-refractivity contribution in [3.8, 4) is 5.75 Å². The number of ether oxygens (including phenoxy) is 1. The molecule has 2 heterocycles. The van der Waals surface area contributed by atoms with Crippen molar-refractivity contribution < 1.29 is 9.53 Å². The third-order valence-corrected chi connectivity index (χ3v) is 5.22. The molecule has 2 atom stereocenters. The SMILES string of the molecule is COc1ccc(C(=O)N2CC3CC2CS3)c(C)c1. The van der Waals surface area contributed by atoms with E-state index in [0.29, 0.717) is 11.3 Å². The predicted molar refractivity (Wildman–Crippen MR) is 73.4 cm³/mol.